The molecule has 0 saturated carbocycles. The number of hydrogen-bond acceptors (Lipinski definition) is 5. The number of carbonyl (C=O) groups excluding carboxylic acids is 2. The number of anilines is 2. The molecule has 2 aromatic carbocycles. The number of aromatic nitrogens is 1. The lowest BCUT2D eigenvalue weighted by molar-refractivity contribution is -0.116. The third-order valence-corrected chi connectivity index (χ3v) is 6.66. The molecule has 0 radical (unpaired) electrons. The first-order chi connectivity index (χ1) is 14.9. The smallest absolute Gasteiger partial charge is 0.239 e. The Balaban J connectivity index is 1.57. The number of benzene rings is 2. The molecule has 3 rings (SSSR count). The molecule has 1 heterocycles. The van der Waals surface area contributed by atoms with Crippen molar-refractivity contribution >= 4 is 68.9 Å². The van der Waals surface area contributed by atoms with Crippen LogP contribution in [0.3, 0.4) is 0 Å². The van der Waals surface area contributed by atoms with Crippen LogP contribution in [0.1, 0.15) is 26.7 Å². The first kappa shape index (κ1) is 23.6. The van der Waals surface area contributed by atoms with Crippen molar-refractivity contribution < 1.29 is 9.59 Å². The summed E-state index contributed by atoms with van der Waals surface area (Å²) >= 11 is 15.0. The SMILES string of the molecule is CCCC(=O)Nc1ccc(SC(C)C(=O)Nc2nc(-c3ccc(Cl)cc3Cl)cs2)cc1. The molecule has 3 aromatic rings. The van der Waals surface area contributed by atoms with Gasteiger partial charge in [0.15, 0.2) is 5.13 Å². The molecule has 162 valence electrons. The van der Waals surface area contributed by atoms with Gasteiger partial charge in [0.25, 0.3) is 0 Å². The summed E-state index contributed by atoms with van der Waals surface area (Å²) < 4.78 is 0. The number of carbonyl (C=O) groups is 2. The van der Waals surface area contributed by atoms with Crippen molar-refractivity contribution in [3.63, 3.8) is 0 Å². The van der Waals surface area contributed by atoms with Crippen molar-refractivity contribution in [3.05, 3.63) is 57.9 Å². The third kappa shape index (κ3) is 6.71. The highest BCUT2D eigenvalue weighted by Crippen LogP contribution is 2.33. The van der Waals surface area contributed by atoms with E-state index >= 15 is 0 Å². The molecular formula is C22H21Cl2N3O2S2. The molecule has 1 atom stereocenters. The van der Waals surface area contributed by atoms with Gasteiger partial charge in [0.05, 0.1) is 16.0 Å². The molecule has 5 nitrogen and oxygen atoms in total. The fraction of sp³-hybridized carbons (Fsp3) is 0.227. The quantitative estimate of drug-likeness (QED) is 0.332. The minimum atomic E-state index is -0.327. The molecule has 0 saturated heterocycles. The second-order valence-corrected chi connectivity index (χ2v) is 9.85. The number of thiazole rings is 1. The van der Waals surface area contributed by atoms with E-state index in [9.17, 15) is 9.59 Å². The minimum absolute atomic E-state index is 0.00152. The van der Waals surface area contributed by atoms with Gasteiger partial charge >= 0.3 is 0 Å². The van der Waals surface area contributed by atoms with Gasteiger partial charge in [-0.3, -0.25) is 9.59 Å². The normalized spacial score (nSPS) is 11.7. The van der Waals surface area contributed by atoms with Crippen LogP contribution in [-0.2, 0) is 9.59 Å². The number of rotatable bonds is 8. The highest BCUT2D eigenvalue weighted by Gasteiger charge is 2.17. The maximum absolute atomic E-state index is 12.6. The zero-order valence-electron chi connectivity index (χ0n) is 16.9. The van der Waals surface area contributed by atoms with Gasteiger partial charge < -0.3 is 10.6 Å². The third-order valence-electron chi connectivity index (χ3n) is 4.24. The summed E-state index contributed by atoms with van der Waals surface area (Å²) in [6.45, 7) is 3.80. The first-order valence-corrected chi connectivity index (χ1v) is 12.2. The predicted molar refractivity (Wildman–Crippen MR) is 131 cm³/mol. The monoisotopic (exact) mass is 493 g/mol. The van der Waals surface area contributed by atoms with Gasteiger partial charge in [0, 0.05) is 33.0 Å². The van der Waals surface area contributed by atoms with Crippen molar-refractivity contribution in [2.75, 3.05) is 10.6 Å². The van der Waals surface area contributed by atoms with Crippen LogP contribution >= 0.6 is 46.3 Å². The molecule has 2 amide bonds. The summed E-state index contributed by atoms with van der Waals surface area (Å²) in [6, 6.07) is 12.7. The van der Waals surface area contributed by atoms with E-state index in [1.807, 2.05) is 43.5 Å². The van der Waals surface area contributed by atoms with E-state index in [2.05, 4.69) is 15.6 Å². The Morgan fingerprint density at radius 3 is 2.55 bits per heavy atom. The largest absolute Gasteiger partial charge is 0.326 e. The van der Waals surface area contributed by atoms with Gasteiger partial charge in [-0.15, -0.1) is 23.1 Å². The van der Waals surface area contributed by atoms with Crippen LogP contribution in [0.5, 0.6) is 0 Å². The van der Waals surface area contributed by atoms with Crippen LogP contribution in [0.25, 0.3) is 11.3 Å². The molecular weight excluding hydrogens is 473 g/mol. The molecule has 0 aliphatic heterocycles. The van der Waals surface area contributed by atoms with E-state index in [1.165, 1.54) is 23.1 Å². The van der Waals surface area contributed by atoms with Crippen LogP contribution < -0.4 is 10.6 Å². The summed E-state index contributed by atoms with van der Waals surface area (Å²) in [5.41, 5.74) is 2.19. The van der Waals surface area contributed by atoms with E-state index in [4.69, 9.17) is 23.2 Å². The number of hydrogen-bond donors (Lipinski definition) is 2. The average molecular weight is 494 g/mol. The van der Waals surface area contributed by atoms with E-state index < -0.39 is 0 Å². The van der Waals surface area contributed by atoms with Crippen molar-refractivity contribution in [3.8, 4) is 11.3 Å². The average Bonchev–Trinajstić information content (AvgIpc) is 3.17. The van der Waals surface area contributed by atoms with Gasteiger partial charge in [0.2, 0.25) is 11.8 Å². The second-order valence-electron chi connectivity index (χ2n) is 6.73. The summed E-state index contributed by atoms with van der Waals surface area (Å²) in [5, 5.41) is 8.79. The number of nitrogens with zero attached hydrogens (tertiary/aromatic N) is 1. The fourth-order valence-corrected chi connectivity index (χ4v) is 4.77. The van der Waals surface area contributed by atoms with E-state index in [0.717, 1.165) is 22.6 Å². The zero-order valence-corrected chi connectivity index (χ0v) is 20.1. The molecule has 0 aliphatic carbocycles. The lowest BCUT2D eigenvalue weighted by Crippen LogP contribution is -2.22. The summed E-state index contributed by atoms with van der Waals surface area (Å²) in [5.74, 6) is -0.146. The van der Waals surface area contributed by atoms with Crippen LogP contribution in [0.15, 0.2) is 52.7 Å². The number of halogens is 2. The van der Waals surface area contributed by atoms with Crippen LogP contribution in [-0.4, -0.2) is 22.0 Å². The van der Waals surface area contributed by atoms with Crippen LogP contribution in [0, 0.1) is 0 Å². The molecule has 0 fully saturated rings. The lowest BCUT2D eigenvalue weighted by atomic mass is 10.2. The van der Waals surface area contributed by atoms with Gasteiger partial charge in [0.1, 0.15) is 0 Å². The molecule has 0 bridgehead atoms. The van der Waals surface area contributed by atoms with Gasteiger partial charge in [-0.05, 0) is 55.8 Å². The molecule has 1 unspecified atom stereocenters. The fourth-order valence-electron chi connectivity index (χ4n) is 2.68. The zero-order chi connectivity index (χ0) is 22.4. The standard InChI is InChI=1S/C22H21Cl2N3O2S2/c1-3-4-20(28)25-15-6-8-16(9-7-15)31-13(2)21(29)27-22-26-19(12-30-22)17-10-5-14(23)11-18(17)24/h5-13H,3-4H2,1-2H3,(H,25,28)(H,26,27,29). The van der Waals surface area contributed by atoms with Crippen LogP contribution in [0.2, 0.25) is 10.0 Å². The molecule has 2 N–H and O–H groups in total. The number of thioether (sulfide) groups is 1. The van der Waals surface area contributed by atoms with Gasteiger partial charge in [-0.2, -0.15) is 0 Å². The Bertz CT molecular complexity index is 1070. The highest BCUT2D eigenvalue weighted by molar-refractivity contribution is 8.00. The first-order valence-electron chi connectivity index (χ1n) is 9.64. The Morgan fingerprint density at radius 1 is 1.13 bits per heavy atom. The highest BCUT2D eigenvalue weighted by atomic mass is 35.5. The number of nitrogens with one attached hydrogen (secondary N) is 2. The summed E-state index contributed by atoms with van der Waals surface area (Å²) in [6.07, 6.45) is 1.30. The predicted octanol–water partition coefficient (Wildman–Crippen LogP) is 6.97. The topological polar surface area (TPSA) is 71.1 Å². The Morgan fingerprint density at radius 2 is 1.87 bits per heavy atom. The summed E-state index contributed by atoms with van der Waals surface area (Å²) in [4.78, 5) is 29.7. The van der Waals surface area contributed by atoms with Gasteiger partial charge in [-0.25, -0.2) is 4.98 Å². The molecule has 0 aliphatic rings. The maximum Gasteiger partial charge on any atom is 0.239 e. The molecule has 9 heteroatoms. The Labute approximate surface area is 199 Å². The molecule has 0 spiro atoms. The Hall–Kier alpha value is -2.06. The molecule has 31 heavy (non-hydrogen) atoms. The van der Waals surface area contributed by atoms with E-state index in [-0.39, 0.29) is 17.1 Å². The lowest BCUT2D eigenvalue weighted by Gasteiger charge is -2.11. The Kier molecular flexibility index (Phi) is 8.37. The van der Waals surface area contributed by atoms with E-state index in [0.29, 0.717) is 27.3 Å². The van der Waals surface area contributed by atoms with Crippen molar-refractivity contribution in [2.24, 2.45) is 0 Å². The summed E-state index contributed by atoms with van der Waals surface area (Å²) in [7, 11) is 0. The second kappa shape index (κ2) is 11.0. The molecule has 1 aromatic heterocycles. The van der Waals surface area contributed by atoms with Crippen molar-refractivity contribution in [2.45, 2.75) is 36.8 Å². The van der Waals surface area contributed by atoms with Crippen molar-refractivity contribution in [1.29, 1.82) is 0 Å². The van der Waals surface area contributed by atoms with Gasteiger partial charge in [-0.1, -0.05) is 30.1 Å². The maximum atomic E-state index is 12.6. The number of amides is 2. The minimum Gasteiger partial charge on any atom is -0.326 e. The van der Waals surface area contributed by atoms with Crippen LogP contribution in [0.4, 0.5) is 10.8 Å². The van der Waals surface area contributed by atoms with E-state index in [1.54, 1.807) is 18.2 Å². The van der Waals surface area contributed by atoms with Crippen molar-refractivity contribution in [1.82, 2.24) is 4.98 Å².